The maximum absolute atomic E-state index is 9.36. The van der Waals surface area contributed by atoms with E-state index in [1.165, 1.54) is 11.3 Å². The molecule has 1 aromatic carbocycles. The van der Waals surface area contributed by atoms with Gasteiger partial charge in [-0.1, -0.05) is 24.6 Å². The van der Waals surface area contributed by atoms with Crippen LogP contribution in [0.5, 0.6) is 0 Å². The van der Waals surface area contributed by atoms with Crippen LogP contribution < -0.4 is 10.2 Å². The van der Waals surface area contributed by atoms with Crippen LogP contribution in [0.2, 0.25) is 5.02 Å². The maximum Gasteiger partial charge on any atom is 0.0476 e. The van der Waals surface area contributed by atoms with Crippen LogP contribution in [-0.4, -0.2) is 31.3 Å². The van der Waals surface area contributed by atoms with Gasteiger partial charge in [-0.3, -0.25) is 0 Å². The van der Waals surface area contributed by atoms with E-state index < -0.39 is 0 Å². The molecule has 0 spiro atoms. The van der Waals surface area contributed by atoms with Gasteiger partial charge >= 0.3 is 0 Å². The lowest BCUT2D eigenvalue weighted by Gasteiger charge is -2.35. The Morgan fingerprint density at radius 3 is 3.05 bits per heavy atom. The van der Waals surface area contributed by atoms with Gasteiger partial charge in [-0.25, -0.2) is 0 Å². The smallest absolute Gasteiger partial charge is 0.0476 e. The Bertz CT molecular complexity index is 411. The van der Waals surface area contributed by atoms with Crippen molar-refractivity contribution in [3.05, 3.63) is 28.8 Å². The number of halogens is 1. The molecule has 0 aliphatic carbocycles. The number of hydrogen-bond acceptors (Lipinski definition) is 3. The second kappa shape index (κ2) is 7.13. The third kappa shape index (κ3) is 3.62. The van der Waals surface area contributed by atoms with Gasteiger partial charge < -0.3 is 15.3 Å². The molecule has 1 heterocycles. The van der Waals surface area contributed by atoms with Gasteiger partial charge in [-0.05, 0) is 37.4 Å². The molecule has 1 aliphatic heterocycles. The molecule has 0 radical (unpaired) electrons. The zero-order chi connectivity index (χ0) is 13.7. The zero-order valence-corrected chi connectivity index (χ0v) is 12.3. The Balaban J connectivity index is 2.20. The van der Waals surface area contributed by atoms with Gasteiger partial charge in [-0.2, -0.15) is 0 Å². The number of hydrogen-bond donors (Lipinski definition) is 2. The van der Waals surface area contributed by atoms with Crippen LogP contribution in [0.3, 0.4) is 0 Å². The highest BCUT2D eigenvalue weighted by molar-refractivity contribution is 6.31. The molecule has 1 saturated heterocycles. The summed E-state index contributed by atoms with van der Waals surface area (Å²) in [4.78, 5) is 2.36. The molecule has 0 amide bonds. The Hall–Kier alpha value is -0.770. The van der Waals surface area contributed by atoms with E-state index in [1.807, 2.05) is 12.1 Å². The van der Waals surface area contributed by atoms with E-state index >= 15 is 0 Å². The average molecular weight is 283 g/mol. The van der Waals surface area contributed by atoms with Gasteiger partial charge in [0.25, 0.3) is 0 Å². The molecule has 1 fully saturated rings. The topological polar surface area (TPSA) is 35.5 Å². The monoisotopic (exact) mass is 282 g/mol. The summed E-state index contributed by atoms with van der Waals surface area (Å²) in [6.45, 7) is 6.08. The Morgan fingerprint density at radius 2 is 2.32 bits per heavy atom. The van der Waals surface area contributed by atoms with E-state index in [2.05, 4.69) is 23.2 Å². The standard InChI is InChI=1S/C15H23ClN2O/c1-2-17-9-13-14(16)6-3-7-15(13)18-8-4-5-12(10-18)11-19/h3,6-7,12,17,19H,2,4-5,8-11H2,1H3. The lowest BCUT2D eigenvalue weighted by atomic mass is 9.97. The molecule has 3 nitrogen and oxygen atoms in total. The molecule has 1 aliphatic rings. The normalized spacial score (nSPS) is 19.7. The molecule has 1 aromatic rings. The van der Waals surface area contributed by atoms with E-state index in [0.717, 1.165) is 44.0 Å². The molecule has 2 rings (SSSR count). The van der Waals surface area contributed by atoms with Crippen molar-refractivity contribution in [2.24, 2.45) is 5.92 Å². The molecular formula is C15H23ClN2O. The highest BCUT2D eigenvalue weighted by Crippen LogP contribution is 2.30. The van der Waals surface area contributed by atoms with Crippen molar-refractivity contribution in [3.8, 4) is 0 Å². The maximum atomic E-state index is 9.36. The largest absolute Gasteiger partial charge is 0.396 e. The van der Waals surface area contributed by atoms with E-state index in [0.29, 0.717) is 5.92 Å². The van der Waals surface area contributed by atoms with Gasteiger partial charge in [0.05, 0.1) is 0 Å². The first-order valence-corrected chi connectivity index (χ1v) is 7.48. The number of aliphatic hydroxyl groups excluding tert-OH is 1. The average Bonchev–Trinajstić information content (AvgIpc) is 2.46. The molecule has 19 heavy (non-hydrogen) atoms. The van der Waals surface area contributed by atoms with E-state index in [1.54, 1.807) is 0 Å². The number of anilines is 1. The Labute approximate surface area is 120 Å². The summed E-state index contributed by atoms with van der Waals surface area (Å²) < 4.78 is 0. The number of piperidine rings is 1. The lowest BCUT2D eigenvalue weighted by Crippen LogP contribution is -2.37. The summed E-state index contributed by atoms with van der Waals surface area (Å²) in [5, 5.41) is 13.5. The molecule has 106 valence electrons. The van der Waals surface area contributed by atoms with Crippen LogP contribution in [0, 0.1) is 5.92 Å². The van der Waals surface area contributed by atoms with Crippen LogP contribution in [0.15, 0.2) is 18.2 Å². The van der Waals surface area contributed by atoms with Gasteiger partial charge in [0.2, 0.25) is 0 Å². The third-order valence-electron chi connectivity index (χ3n) is 3.76. The summed E-state index contributed by atoms with van der Waals surface area (Å²) in [6.07, 6.45) is 2.26. The number of aliphatic hydroxyl groups is 1. The third-order valence-corrected chi connectivity index (χ3v) is 4.12. The lowest BCUT2D eigenvalue weighted by molar-refractivity contribution is 0.208. The molecule has 0 saturated carbocycles. The number of benzene rings is 1. The molecule has 2 N–H and O–H groups in total. The minimum Gasteiger partial charge on any atom is -0.396 e. The van der Waals surface area contributed by atoms with Crippen molar-refractivity contribution in [3.63, 3.8) is 0 Å². The quantitative estimate of drug-likeness (QED) is 0.872. The van der Waals surface area contributed by atoms with Crippen LogP contribution >= 0.6 is 11.6 Å². The first-order valence-electron chi connectivity index (χ1n) is 7.10. The summed E-state index contributed by atoms with van der Waals surface area (Å²) >= 11 is 6.34. The van der Waals surface area contributed by atoms with E-state index in [4.69, 9.17) is 11.6 Å². The van der Waals surface area contributed by atoms with Gasteiger partial charge in [-0.15, -0.1) is 0 Å². The summed E-state index contributed by atoms with van der Waals surface area (Å²) in [6, 6.07) is 6.10. The predicted octanol–water partition coefficient (Wildman–Crippen LogP) is 2.66. The van der Waals surface area contributed by atoms with Crippen LogP contribution in [0.4, 0.5) is 5.69 Å². The second-order valence-corrected chi connectivity index (χ2v) is 5.56. The van der Waals surface area contributed by atoms with E-state index in [-0.39, 0.29) is 6.61 Å². The molecule has 0 bridgehead atoms. The van der Waals surface area contributed by atoms with Crippen LogP contribution in [0.25, 0.3) is 0 Å². The number of nitrogens with zero attached hydrogens (tertiary/aromatic N) is 1. The van der Waals surface area contributed by atoms with Crippen molar-refractivity contribution >= 4 is 17.3 Å². The summed E-state index contributed by atoms with van der Waals surface area (Å²) in [7, 11) is 0. The highest BCUT2D eigenvalue weighted by atomic mass is 35.5. The molecule has 4 heteroatoms. The van der Waals surface area contributed by atoms with Gasteiger partial charge in [0, 0.05) is 42.5 Å². The van der Waals surface area contributed by atoms with Crippen LogP contribution in [0.1, 0.15) is 25.3 Å². The number of rotatable bonds is 5. The zero-order valence-electron chi connectivity index (χ0n) is 11.5. The highest BCUT2D eigenvalue weighted by Gasteiger charge is 2.21. The second-order valence-electron chi connectivity index (χ2n) is 5.15. The van der Waals surface area contributed by atoms with E-state index in [9.17, 15) is 5.11 Å². The van der Waals surface area contributed by atoms with Gasteiger partial charge in [0.1, 0.15) is 0 Å². The fraction of sp³-hybridized carbons (Fsp3) is 0.600. The molecule has 1 atom stereocenters. The Morgan fingerprint density at radius 1 is 1.47 bits per heavy atom. The van der Waals surface area contributed by atoms with Crippen molar-refractivity contribution < 1.29 is 5.11 Å². The molecule has 1 unspecified atom stereocenters. The van der Waals surface area contributed by atoms with Crippen molar-refractivity contribution in [2.45, 2.75) is 26.3 Å². The first-order chi connectivity index (χ1) is 9.26. The first kappa shape index (κ1) is 14.6. The fourth-order valence-electron chi connectivity index (χ4n) is 2.70. The fourth-order valence-corrected chi connectivity index (χ4v) is 2.94. The van der Waals surface area contributed by atoms with Gasteiger partial charge in [0.15, 0.2) is 0 Å². The molecule has 0 aromatic heterocycles. The minimum absolute atomic E-state index is 0.277. The molecular weight excluding hydrogens is 260 g/mol. The predicted molar refractivity (Wildman–Crippen MR) is 80.9 cm³/mol. The number of nitrogens with one attached hydrogen (secondary N) is 1. The van der Waals surface area contributed by atoms with Crippen molar-refractivity contribution in [1.82, 2.24) is 5.32 Å². The Kier molecular flexibility index (Phi) is 5.49. The van der Waals surface area contributed by atoms with Crippen molar-refractivity contribution in [1.29, 1.82) is 0 Å². The van der Waals surface area contributed by atoms with Crippen LogP contribution in [-0.2, 0) is 6.54 Å². The minimum atomic E-state index is 0.277. The summed E-state index contributed by atoms with van der Waals surface area (Å²) in [5.41, 5.74) is 2.39. The SMILES string of the molecule is CCNCc1c(Cl)cccc1N1CCCC(CO)C1. The van der Waals surface area contributed by atoms with Crippen molar-refractivity contribution in [2.75, 3.05) is 31.1 Å². The summed E-state index contributed by atoms with van der Waals surface area (Å²) in [5.74, 6) is 0.389.